The first-order valence-corrected chi connectivity index (χ1v) is 8.32. The first-order chi connectivity index (χ1) is 8.66. The molecule has 1 unspecified atom stereocenters. The lowest BCUT2D eigenvalue weighted by Crippen LogP contribution is -2.34. The van der Waals surface area contributed by atoms with Gasteiger partial charge < -0.3 is 4.90 Å². The third kappa shape index (κ3) is 3.67. The zero-order chi connectivity index (χ0) is 13.0. The van der Waals surface area contributed by atoms with Crippen LogP contribution in [0.4, 0.5) is 0 Å². The SMILES string of the molecule is CC(Br)C(=O)N(Cc1cccs1)Cc1cccs1. The molecular weight excluding hydrogens is 330 g/mol. The summed E-state index contributed by atoms with van der Waals surface area (Å²) in [7, 11) is 0. The number of hydrogen-bond acceptors (Lipinski definition) is 3. The van der Waals surface area contributed by atoms with Gasteiger partial charge in [0.2, 0.25) is 5.91 Å². The maximum atomic E-state index is 12.2. The van der Waals surface area contributed by atoms with Crippen molar-refractivity contribution in [2.24, 2.45) is 0 Å². The number of hydrogen-bond donors (Lipinski definition) is 0. The Labute approximate surface area is 123 Å². The van der Waals surface area contributed by atoms with Gasteiger partial charge in [0, 0.05) is 9.75 Å². The van der Waals surface area contributed by atoms with Gasteiger partial charge in [-0.1, -0.05) is 28.1 Å². The van der Waals surface area contributed by atoms with Gasteiger partial charge in [-0.2, -0.15) is 0 Å². The van der Waals surface area contributed by atoms with Crippen molar-refractivity contribution >= 4 is 44.5 Å². The highest BCUT2D eigenvalue weighted by Crippen LogP contribution is 2.19. The normalized spacial score (nSPS) is 12.3. The molecule has 0 aliphatic rings. The Balaban J connectivity index is 2.09. The molecule has 5 heteroatoms. The number of carbonyl (C=O) groups is 1. The van der Waals surface area contributed by atoms with Gasteiger partial charge in [0.1, 0.15) is 0 Å². The summed E-state index contributed by atoms with van der Waals surface area (Å²) in [5.41, 5.74) is 0. The first-order valence-electron chi connectivity index (χ1n) is 5.64. The maximum Gasteiger partial charge on any atom is 0.236 e. The standard InChI is InChI=1S/C13H14BrNOS2/c1-10(14)13(16)15(8-11-4-2-6-17-11)9-12-5-3-7-18-12/h2-7,10H,8-9H2,1H3. The molecule has 0 spiro atoms. The lowest BCUT2D eigenvalue weighted by Gasteiger charge is -2.22. The summed E-state index contributed by atoms with van der Waals surface area (Å²) in [6, 6.07) is 8.17. The highest BCUT2D eigenvalue weighted by Gasteiger charge is 2.19. The minimum atomic E-state index is -0.141. The molecule has 0 saturated heterocycles. The molecule has 2 heterocycles. The van der Waals surface area contributed by atoms with Crippen LogP contribution in [0, 0.1) is 0 Å². The van der Waals surface area contributed by atoms with Gasteiger partial charge >= 0.3 is 0 Å². The Kier molecular flexibility index (Phi) is 4.97. The van der Waals surface area contributed by atoms with Crippen LogP contribution < -0.4 is 0 Å². The minimum Gasteiger partial charge on any atom is -0.331 e. The molecule has 0 radical (unpaired) electrons. The molecule has 2 nitrogen and oxygen atoms in total. The van der Waals surface area contributed by atoms with Crippen LogP contribution in [0.25, 0.3) is 0 Å². The van der Waals surface area contributed by atoms with E-state index < -0.39 is 0 Å². The summed E-state index contributed by atoms with van der Waals surface area (Å²) >= 11 is 6.74. The van der Waals surface area contributed by atoms with E-state index in [-0.39, 0.29) is 10.7 Å². The summed E-state index contributed by atoms with van der Waals surface area (Å²) in [6.45, 7) is 3.24. The van der Waals surface area contributed by atoms with Crippen molar-refractivity contribution in [3.63, 3.8) is 0 Å². The second-order valence-electron chi connectivity index (χ2n) is 3.97. The van der Waals surface area contributed by atoms with Gasteiger partial charge in [-0.25, -0.2) is 0 Å². The molecule has 0 aromatic carbocycles. The summed E-state index contributed by atoms with van der Waals surface area (Å²) < 4.78 is 0. The van der Waals surface area contributed by atoms with Crippen LogP contribution in [-0.2, 0) is 17.9 Å². The van der Waals surface area contributed by atoms with E-state index >= 15 is 0 Å². The topological polar surface area (TPSA) is 20.3 Å². The fourth-order valence-electron chi connectivity index (χ4n) is 1.64. The summed E-state index contributed by atoms with van der Waals surface area (Å²) in [5.74, 6) is 0.136. The quantitative estimate of drug-likeness (QED) is 0.747. The van der Waals surface area contributed by atoms with Gasteiger partial charge in [0.25, 0.3) is 0 Å². The Morgan fingerprint density at radius 3 is 2.06 bits per heavy atom. The number of thiophene rings is 2. The largest absolute Gasteiger partial charge is 0.331 e. The fraction of sp³-hybridized carbons (Fsp3) is 0.308. The van der Waals surface area contributed by atoms with Gasteiger partial charge in [-0.15, -0.1) is 22.7 Å². The van der Waals surface area contributed by atoms with Crippen LogP contribution in [0.3, 0.4) is 0 Å². The molecule has 2 aromatic heterocycles. The molecule has 2 aromatic rings. The Hall–Kier alpha value is -0.650. The van der Waals surface area contributed by atoms with Crippen molar-refractivity contribution < 1.29 is 4.79 Å². The average molecular weight is 344 g/mol. The summed E-state index contributed by atoms with van der Waals surface area (Å²) in [4.78, 5) is 16.4. The van der Waals surface area contributed by atoms with Crippen molar-refractivity contribution in [3.8, 4) is 0 Å². The third-order valence-electron chi connectivity index (χ3n) is 2.51. The van der Waals surface area contributed by atoms with E-state index in [2.05, 4.69) is 28.1 Å². The first kappa shape index (κ1) is 13.8. The summed E-state index contributed by atoms with van der Waals surface area (Å²) in [6.07, 6.45) is 0. The number of carbonyl (C=O) groups excluding carboxylic acids is 1. The number of nitrogens with zero attached hydrogens (tertiary/aromatic N) is 1. The zero-order valence-corrected chi connectivity index (χ0v) is 13.2. The van der Waals surface area contributed by atoms with Crippen molar-refractivity contribution in [2.75, 3.05) is 0 Å². The van der Waals surface area contributed by atoms with E-state index in [1.54, 1.807) is 22.7 Å². The van der Waals surface area contributed by atoms with E-state index in [0.29, 0.717) is 13.1 Å². The van der Waals surface area contributed by atoms with Crippen LogP contribution in [0.2, 0.25) is 0 Å². The number of amides is 1. The molecule has 0 aliphatic heterocycles. The molecule has 96 valence electrons. The molecule has 0 bridgehead atoms. The van der Waals surface area contributed by atoms with Crippen molar-refractivity contribution in [3.05, 3.63) is 44.8 Å². The van der Waals surface area contributed by atoms with Crippen LogP contribution >= 0.6 is 38.6 Å². The highest BCUT2D eigenvalue weighted by atomic mass is 79.9. The number of halogens is 1. The monoisotopic (exact) mass is 343 g/mol. The van der Waals surface area contributed by atoms with E-state index in [0.717, 1.165) is 0 Å². The predicted molar refractivity (Wildman–Crippen MR) is 81.3 cm³/mol. The van der Waals surface area contributed by atoms with Crippen molar-refractivity contribution in [1.29, 1.82) is 0 Å². The zero-order valence-electron chi connectivity index (χ0n) is 10.0. The molecule has 1 atom stereocenters. The molecule has 1 amide bonds. The van der Waals surface area contributed by atoms with Gasteiger partial charge in [-0.05, 0) is 29.8 Å². The van der Waals surface area contributed by atoms with E-state index in [1.807, 2.05) is 34.7 Å². The molecule has 0 saturated carbocycles. The second-order valence-corrected chi connectivity index (χ2v) is 7.41. The number of alkyl halides is 1. The van der Waals surface area contributed by atoms with Crippen LogP contribution in [-0.4, -0.2) is 15.6 Å². The molecular formula is C13H14BrNOS2. The maximum absolute atomic E-state index is 12.2. The molecule has 0 fully saturated rings. The second kappa shape index (κ2) is 6.50. The molecule has 2 rings (SSSR count). The fourth-order valence-corrected chi connectivity index (χ4v) is 3.37. The van der Waals surface area contributed by atoms with E-state index in [1.165, 1.54) is 9.75 Å². The van der Waals surface area contributed by atoms with E-state index in [4.69, 9.17) is 0 Å². The highest BCUT2D eigenvalue weighted by molar-refractivity contribution is 9.10. The number of rotatable bonds is 5. The summed E-state index contributed by atoms with van der Waals surface area (Å²) in [5, 5.41) is 4.08. The van der Waals surface area contributed by atoms with Crippen LogP contribution in [0.15, 0.2) is 35.0 Å². The minimum absolute atomic E-state index is 0.136. The van der Waals surface area contributed by atoms with Crippen LogP contribution in [0.1, 0.15) is 16.7 Å². The van der Waals surface area contributed by atoms with Gasteiger partial charge in [0.15, 0.2) is 0 Å². The molecule has 18 heavy (non-hydrogen) atoms. The third-order valence-corrected chi connectivity index (χ3v) is 4.62. The van der Waals surface area contributed by atoms with Crippen molar-refractivity contribution in [2.45, 2.75) is 24.8 Å². The smallest absolute Gasteiger partial charge is 0.236 e. The van der Waals surface area contributed by atoms with Gasteiger partial charge in [-0.3, -0.25) is 4.79 Å². The van der Waals surface area contributed by atoms with Gasteiger partial charge in [0.05, 0.1) is 17.9 Å². The lowest BCUT2D eigenvalue weighted by atomic mass is 10.3. The molecule has 0 N–H and O–H groups in total. The van der Waals surface area contributed by atoms with Crippen molar-refractivity contribution in [1.82, 2.24) is 4.90 Å². The Morgan fingerprint density at radius 1 is 1.22 bits per heavy atom. The lowest BCUT2D eigenvalue weighted by molar-refractivity contribution is -0.131. The Bertz CT molecular complexity index is 443. The predicted octanol–water partition coefficient (Wildman–Crippen LogP) is 4.12. The van der Waals surface area contributed by atoms with Crippen LogP contribution in [0.5, 0.6) is 0 Å². The average Bonchev–Trinajstić information content (AvgIpc) is 2.99. The molecule has 0 aliphatic carbocycles. The Morgan fingerprint density at radius 2 is 1.72 bits per heavy atom. The van der Waals surface area contributed by atoms with E-state index in [9.17, 15) is 4.79 Å².